The van der Waals surface area contributed by atoms with Gasteiger partial charge in [0, 0.05) is 13.1 Å². The zero-order valence-electron chi connectivity index (χ0n) is 10.4. The van der Waals surface area contributed by atoms with Crippen molar-refractivity contribution in [2.45, 2.75) is 18.9 Å². The molecule has 1 aromatic rings. The number of nitrogens with one attached hydrogen (secondary N) is 1. The van der Waals surface area contributed by atoms with Crippen molar-refractivity contribution >= 4 is 5.69 Å². The average Bonchev–Trinajstić information content (AvgIpc) is 2.32. The first kappa shape index (κ1) is 12.2. The molecule has 4 heteroatoms. The standard InChI is InChI=1S/C13H19FN2O/c1-15-7-3-4-11-9-17-13-8-10(14)5-6-12(13)16(11)2/h5-6,8,11,15H,3-4,7,9H2,1-2H3. The van der Waals surface area contributed by atoms with Gasteiger partial charge in [0.2, 0.25) is 0 Å². The molecule has 3 nitrogen and oxygen atoms in total. The summed E-state index contributed by atoms with van der Waals surface area (Å²) >= 11 is 0. The van der Waals surface area contributed by atoms with E-state index in [4.69, 9.17) is 4.74 Å². The van der Waals surface area contributed by atoms with E-state index in [1.54, 1.807) is 6.07 Å². The van der Waals surface area contributed by atoms with Gasteiger partial charge in [0.1, 0.15) is 18.2 Å². The quantitative estimate of drug-likeness (QED) is 0.812. The zero-order valence-corrected chi connectivity index (χ0v) is 10.4. The van der Waals surface area contributed by atoms with Gasteiger partial charge in [-0.15, -0.1) is 0 Å². The van der Waals surface area contributed by atoms with Crippen molar-refractivity contribution in [1.82, 2.24) is 5.32 Å². The van der Waals surface area contributed by atoms with E-state index in [9.17, 15) is 4.39 Å². The molecular formula is C13H19FN2O. The zero-order chi connectivity index (χ0) is 12.3. The van der Waals surface area contributed by atoms with Crippen LogP contribution in [-0.2, 0) is 0 Å². The molecule has 1 aliphatic heterocycles. The van der Waals surface area contributed by atoms with Gasteiger partial charge in [0.05, 0.1) is 11.7 Å². The number of ether oxygens (including phenoxy) is 1. The maximum atomic E-state index is 13.1. The molecule has 1 heterocycles. The number of halogens is 1. The van der Waals surface area contributed by atoms with E-state index in [1.807, 2.05) is 14.1 Å². The first-order valence-corrected chi connectivity index (χ1v) is 6.02. The maximum absolute atomic E-state index is 13.1. The summed E-state index contributed by atoms with van der Waals surface area (Å²) in [4.78, 5) is 2.19. The van der Waals surface area contributed by atoms with E-state index in [-0.39, 0.29) is 5.82 Å². The molecule has 0 fully saturated rings. The molecule has 1 unspecified atom stereocenters. The number of likely N-dealkylation sites (N-methyl/N-ethyl adjacent to an activating group) is 1. The van der Waals surface area contributed by atoms with Crippen LogP contribution in [0.25, 0.3) is 0 Å². The van der Waals surface area contributed by atoms with Crippen LogP contribution in [-0.4, -0.2) is 33.3 Å². The van der Waals surface area contributed by atoms with Gasteiger partial charge in [-0.2, -0.15) is 0 Å². The molecule has 0 spiro atoms. The fourth-order valence-electron chi connectivity index (χ4n) is 2.18. The summed E-state index contributed by atoms with van der Waals surface area (Å²) in [6, 6.07) is 5.10. The van der Waals surface area contributed by atoms with Crippen LogP contribution in [0.5, 0.6) is 5.75 Å². The molecule has 1 atom stereocenters. The lowest BCUT2D eigenvalue weighted by Crippen LogP contribution is -2.40. The van der Waals surface area contributed by atoms with Gasteiger partial charge in [-0.1, -0.05) is 0 Å². The molecule has 0 saturated carbocycles. The minimum atomic E-state index is -0.245. The van der Waals surface area contributed by atoms with Crippen LogP contribution in [0.2, 0.25) is 0 Å². The highest BCUT2D eigenvalue weighted by Gasteiger charge is 2.24. The Labute approximate surface area is 102 Å². The van der Waals surface area contributed by atoms with Gasteiger partial charge in [-0.25, -0.2) is 4.39 Å². The van der Waals surface area contributed by atoms with Gasteiger partial charge in [-0.3, -0.25) is 0 Å². The molecule has 0 aliphatic carbocycles. The first-order valence-electron chi connectivity index (χ1n) is 6.02. The minimum absolute atomic E-state index is 0.245. The molecule has 2 rings (SSSR count). The smallest absolute Gasteiger partial charge is 0.145 e. The Morgan fingerprint density at radius 1 is 1.53 bits per heavy atom. The summed E-state index contributed by atoms with van der Waals surface area (Å²) in [5, 5.41) is 3.14. The van der Waals surface area contributed by atoms with Crippen molar-refractivity contribution in [2.24, 2.45) is 0 Å². The largest absolute Gasteiger partial charge is 0.489 e. The molecule has 0 saturated heterocycles. The summed E-state index contributed by atoms with van der Waals surface area (Å²) in [5.74, 6) is 0.406. The molecule has 0 aromatic heterocycles. The van der Waals surface area contributed by atoms with Crippen molar-refractivity contribution < 1.29 is 9.13 Å². The fourth-order valence-corrected chi connectivity index (χ4v) is 2.18. The minimum Gasteiger partial charge on any atom is -0.489 e. The van der Waals surface area contributed by atoms with Gasteiger partial charge in [0.25, 0.3) is 0 Å². The number of fused-ring (bicyclic) bond motifs is 1. The van der Waals surface area contributed by atoms with Gasteiger partial charge in [0.15, 0.2) is 0 Å². The Morgan fingerprint density at radius 2 is 2.35 bits per heavy atom. The third-order valence-electron chi connectivity index (χ3n) is 3.24. The number of nitrogens with zero attached hydrogens (tertiary/aromatic N) is 1. The maximum Gasteiger partial charge on any atom is 0.145 e. The summed E-state index contributed by atoms with van der Waals surface area (Å²) in [6.07, 6.45) is 2.19. The highest BCUT2D eigenvalue weighted by Crippen LogP contribution is 2.34. The van der Waals surface area contributed by atoms with E-state index in [2.05, 4.69) is 10.2 Å². The normalized spacial score (nSPS) is 18.8. The second-order valence-corrected chi connectivity index (χ2v) is 4.43. The van der Waals surface area contributed by atoms with E-state index >= 15 is 0 Å². The monoisotopic (exact) mass is 238 g/mol. The number of anilines is 1. The number of hydrogen-bond acceptors (Lipinski definition) is 3. The van der Waals surface area contributed by atoms with Crippen molar-refractivity contribution in [1.29, 1.82) is 0 Å². The first-order chi connectivity index (χ1) is 8.22. The van der Waals surface area contributed by atoms with Crippen LogP contribution in [0.3, 0.4) is 0 Å². The Balaban J connectivity index is 2.05. The van der Waals surface area contributed by atoms with Crippen LogP contribution in [0.4, 0.5) is 10.1 Å². The van der Waals surface area contributed by atoms with Crippen LogP contribution < -0.4 is 15.0 Å². The highest BCUT2D eigenvalue weighted by atomic mass is 19.1. The van der Waals surface area contributed by atoms with Crippen molar-refractivity contribution in [3.05, 3.63) is 24.0 Å². The van der Waals surface area contributed by atoms with Crippen LogP contribution in [0, 0.1) is 5.82 Å². The Morgan fingerprint density at radius 3 is 3.12 bits per heavy atom. The molecule has 0 bridgehead atoms. The number of benzene rings is 1. The average molecular weight is 238 g/mol. The number of hydrogen-bond donors (Lipinski definition) is 1. The summed E-state index contributed by atoms with van der Waals surface area (Å²) in [5.41, 5.74) is 0.979. The second-order valence-electron chi connectivity index (χ2n) is 4.43. The molecule has 0 amide bonds. The molecule has 1 aliphatic rings. The van der Waals surface area contributed by atoms with Gasteiger partial charge >= 0.3 is 0 Å². The molecule has 17 heavy (non-hydrogen) atoms. The second kappa shape index (κ2) is 5.36. The van der Waals surface area contributed by atoms with Crippen LogP contribution in [0.15, 0.2) is 18.2 Å². The van der Waals surface area contributed by atoms with Gasteiger partial charge < -0.3 is 15.0 Å². The third-order valence-corrected chi connectivity index (χ3v) is 3.24. The van der Waals surface area contributed by atoms with E-state index in [0.29, 0.717) is 18.4 Å². The van der Waals surface area contributed by atoms with Gasteiger partial charge in [-0.05, 0) is 38.6 Å². The Hall–Kier alpha value is -1.29. The lowest BCUT2D eigenvalue weighted by molar-refractivity contribution is 0.257. The SMILES string of the molecule is CNCCCC1COc2cc(F)ccc2N1C. The lowest BCUT2D eigenvalue weighted by Gasteiger charge is -2.36. The van der Waals surface area contributed by atoms with Crippen LogP contribution >= 0.6 is 0 Å². The predicted octanol–water partition coefficient (Wildman–Crippen LogP) is 2.02. The molecule has 1 aromatic carbocycles. The number of rotatable bonds is 4. The van der Waals surface area contributed by atoms with Crippen molar-refractivity contribution in [3.8, 4) is 5.75 Å². The van der Waals surface area contributed by atoms with E-state index in [1.165, 1.54) is 12.1 Å². The highest BCUT2D eigenvalue weighted by molar-refractivity contribution is 5.60. The van der Waals surface area contributed by atoms with Crippen molar-refractivity contribution in [3.63, 3.8) is 0 Å². The Bertz CT molecular complexity index is 384. The lowest BCUT2D eigenvalue weighted by atomic mass is 10.1. The van der Waals surface area contributed by atoms with E-state index < -0.39 is 0 Å². The summed E-state index contributed by atoms with van der Waals surface area (Å²) < 4.78 is 18.7. The topological polar surface area (TPSA) is 24.5 Å². The summed E-state index contributed by atoms with van der Waals surface area (Å²) in [6.45, 7) is 1.65. The summed E-state index contributed by atoms with van der Waals surface area (Å²) in [7, 11) is 4.00. The van der Waals surface area contributed by atoms with Crippen LogP contribution in [0.1, 0.15) is 12.8 Å². The molecule has 94 valence electrons. The van der Waals surface area contributed by atoms with E-state index in [0.717, 1.165) is 25.1 Å². The molecule has 1 N–H and O–H groups in total. The molecule has 0 radical (unpaired) electrons. The Kier molecular flexibility index (Phi) is 3.84. The van der Waals surface area contributed by atoms with Crippen molar-refractivity contribution in [2.75, 3.05) is 32.1 Å². The molecular weight excluding hydrogens is 219 g/mol. The fraction of sp³-hybridized carbons (Fsp3) is 0.538. The predicted molar refractivity (Wildman–Crippen MR) is 67.2 cm³/mol. The third kappa shape index (κ3) is 2.69.